The molecule has 8 aromatic rings. The fourth-order valence-electron chi connectivity index (χ4n) is 11.8. The summed E-state index contributed by atoms with van der Waals surface area (Å²) in [5.41, 5.74) is 8.83. The van der Waals surface area contributed by atoms with E-state index in [9.17, 15) is 9.59 Å². The summed E-state index contributed by atoms with van der Waals surface area (Å²) < 4.78 is 12.1. The topological polar surface area (TPSA) is 186 Å². The van der Waals surface area contributed by atoms with E-state index in [0.29, 0.717) is 24.0 Å². The standard InChI is InChI=1S/C20H23N7OS.C17H21BrN6O.C6H11NSSi.3C4H9.C3H3NS.C3H2NS.Sn/c1-3-16-19(28)25(2)17-8-21-20(24-18(17)27(16)13-6-4-5-7-13)26-9-14(22-11-26)15-10-29-12-23-15;1-3-12-16(25)22(2)13-8-19-17(23-9-14(18)20-10-23)21-15(13)24(12)11-6-4-5-7-11;1-9(2,3)6-7-4-5-8-6;3*1-3-4-2;2*1-2-5-3-4-1;/h8-13,16H,3-7H2,1-2H3;8-12H,3-7H2,1-2H3;4-5H,1-3H3;3*1,3-4H2,2H3;1-3H;1,3H;/t16-;12-;;;;;;;/m11......./s1. The van der Waals surface area contributed by atoms with Crippen LogP contribution in [-0.4, -0.2) is 136 Å². The third kappa shape index (κ3) is 16.7. The summed E-state index contributed by atoms with van der Waals surface area (Å²) in [6.07, 6.45) is 35.7. The summed E-state index contributed by atoms with van der Waals surface area (Å²) in [6, 6.07) is 0.399. The average molecular weight is 1430 g/mol. The maximum atomic E-state index is 13.0. The van der Waals surface area contributed by atoms with Crippen molar-refractivity contribution < 1.29 is 9.59 Å². The van der Waals surface area contributed by atoms with Crippen molar-refractivity contribution in [3.8, 4) is 23.3 Å². The maximum absolute atomic E-state index is 13.0. The van der Waals surface area contributed by atoms with Crippen molar-refractivity contribution in [1.29, 1.82) is 0 Å². The molecule has 2 amide bonds. The van der Waals surface area contributed by atoms with Gasteiger partial charge in [-0.05, 0) is 54.5 Å². The SMILES string of the molecule is CCC[CH2][Sn]([CH2]CCC)([CH2]CCC)[c]1cncs1.CC[C@@H]1C(=O)N(C)c2cnc(-n3cnc(-c4cscn4)c3)nc2N1C1CCCC1.CC[C@@H]1C(=O)N(C)c2cnc(-n3cnc(Br)c3)nc2N1C1CCCC1.C[Si](C)(C)c1nccs1.c1cscn1. The predicted molar refractivity (Wildman–Crippen MR) is 365 cm³/mol. The number of imidazole rings is 2. The monoisotopic (exact) mass is 1430 g/mol. The molecule has 0 bridgehead atoms. The van der Waals surface area contributed by atoms with Crippen LogP contribution in [0.5, 0.6) is 0 Å². The molecule has 2 aliphatic heterocycles. The number of halogens is 1. The molecule has 12 rings (SSSR count). The molecule has 2 saturated carbocycles. The van der Waals surface area contributed by atoms with Crippen molar-refractivity contribution in [1.82, 2.24) is 59.0 Å². The fourth-order valence-corrected chi connectivity index (χ4v) is 34.8. The molecule has 4 aliphatic rings. The Kier molecular flexibility index (Phi) is 25.4. The van der Waals surface area contributed by atoms with Crippen molar-refractivity contribution in [3.05, 3.63) is 93.3 Å². The molecule has 10 heterocycles. The van der Waals surface area contributed by atoms with Gasteiger partial charge in [-0.15, -0.1) is 34.0 Å². The summed E-state index contributed by atoms with van der Waals surface area (Å²) in [7, 11) is 2.55. The van der Waals surface area contributed by atoms with Crippen LogP contribution in [0.1, 0.15) is 137 Å². The molecule has 2 fully saturated rings. The summed E-state index contributed by atoms with van der Waals surface area (Å²) in [5.74, 6) is 3.08. The van der Waals surface area contributed by atoms with Gasteiger partial charge in [-0.1, -0.05) is 59.2 Å². The molecule has 86 heavy (non-hydrogen) atoms. The smallest absolute Gasteiger partial charge is 0.249 e. The first-order chi connectivity index (χ1) is 41.7. The van der Waals surface area contributed by atoms with Gasteiger partial charge in [0.1, 0.15) is 60.2 Å². The molecule has 25 heteroatoms. The van der Waals surface area contributed by atoms with Crippen LogP contribution in [0, 0.1) is 0 Å². The van der Waals surface area contributed by atoms with Crippen LogP contribution in [0.25, 0.3) is 23.3 Å². The second-order valence-electron chi connectivity index (χ2n) is 23.5. The quantitative estimate of drug-likeness (QED) is 0.0739. The van der Waals surface area contributed by atoms with Gasteiger partial charge in [-0.3, -0.25) is 28.7 Å². The number of rotatable bonds is 18. The van der Waals surface area contributed by atoms with E-state index in [1.807, 2.05) is 64.7 Å². The molecular formula is C61H87BrN16O2S4SiSn. The molecule has 462 valence electrons. The predicted octanol–water partition coefficient (Wildman–Crippen LogP) is 14.2. The number of likely N-dealkylation sites (N-methyl/N-ethyl adjacent to an activating group) is 2. The van der Waals surface area contributed by atoms with Crippen molar-refractivity contribution in [2.75, 3.05) is 33.7 Å². The van der Waals surface area contributed by atoms with Crippen LogP contribution in [-0.2, 0) is 9.59 Å². The number of carbonyl (C=O) groups excluding carboxylic acids is 2. The molecule has 0 spiro atoms. The van der Waals surface area contributed by atoms with Gasteiger partial charge >= 0.3 is 122 Å². The van der Waals surface area contributed by atoms with Crippen LogP contribution >= 0.6 is 61.3 Å². The molecule has 2 atom stereocenters. The van der Waals surface area contributed by atoms with E-state index in [-0.39, 0.29) is 23.9 Å². The second kappa shape index (κ2) is 32.6. The van der Waals surface area contributed by atoms with Crippen molar-refractivity contribution in [3.63, 3.8) is 0 Å². The summed E-state index contributed by atoms with van der Waals surface area (Å²) in [4.78, 5) is 77.8. The third-order valence-corrected chi connectivity index (χ3v) is 41.3. The van der Waals surface area contributed by atoms with Crippen LogP contribution in [0.3, 0.4) is 0 Å². The molecule has 0 N–H and O–H groups in total. The molecule has 0 saturated heterocycles. The van der Waals surface area contributed by atoms with E-state index >= 15 is 0 Å². The number of hydrogen-bond donors (Lipinski definition) is 0. The molecular weight excluding hydrogens is 1340 g/mol. The van der Waals surface area contributed by atoms with Crippen molar-refractivity contribution in [2.24, 2.45) is 0 Å². The number of unbranched alkanes of at least 4 members (excludes halogenated alkanes) is 3. The first-order valence-electron chi connectivity index (χ1n) is 30.8. The Morgan fingerprint density at radius 1 is 0.593 bits per heavy atom. The number of hydrogen-bond acceptors (Lipinski definition) is 18. The first-order valence-corrected chi connectivity index (χ1v) is 46.2. The van der Waals surface area contributed by atoms with Gasteiger partial charge in [0.15, 0.2) is 11.6 Å². The van der Waals surface area contributed by atoms with Crippen LogP contribution < -0.4 is 27.1 Å². The van der Waals surface area contributed by atoms with Crippen LogP contribution in [0.4, 0.5) is 23.0 Å². The molecule has 0 radical (unpaired) electrons. The molecule has 2 aliphatic carbocycles. The van der Waals surface area contributed by atoms with Gasteiger partial charge in [0.05, 0.1) is 28.0 Å². The number of fused-ring (bicyclic) bond motifs is 2. The van der Waals surface area contributed by atoms with Crippen LogP contribution in [0.2, 0.25) is 33.0 Å². The number of carbonyl (C=O) groups is 2. The maximum Gasteiger partial charge on any atom is 0.249 e. The Labute approximate surface area is 538 Å². The molecule has 8 aromatic heterocycles. The Morgan fingerprint density at radius 3 is 1.52 bits per heavy atom. The van der Waals surface area contributed by atoms with E-state index in [4.69, 9.17) is 9.97 Å². The van der Waals surface area contributed by atoms with Gasteiger partial charge in [-0.25, -0.2) is 24.9 Å². The zero-order valence-electron chi connectivity index (χ0n) is 51.9. The number of amides is 2. The zero-order chi connectivity index (χ0) is 61.2. The Morgan fingerprint density at radius 2 is 1.14 bits per heavy atom. The number of anilines is 4. The Balaban J connectivity index is 0.000000153. The summed E-state index contributed by atoms with van der Waals surface area (Å²) >= 11 is 8.17. The molecule has 0 unspecified atom stereocenters. The van der Waals surface area contributed by atoms with E-state index in [1.165, 1.54) is 80.2 Å². The van der Waals surface area contributed by atoms with Gasteiger partial charge in [0, 0.05) is 67.1 Å². The fraction of sp³-hybridized carbons (Fsp3) is 0.541. The van der Waals surface area contributed by atoms with Gasteiger partial charge in [0.25, 0.3) is 0 Å². The van der Waals surface area contributed by atoms with Gasteiger partial charge in [0.2, 0.25) is 23.7 Å². The zero-order valence-corrected chi connectivity index (χ0v) is 60.6. The Hall–Kier alpha value is -4.86. The number of thiazole rings is 4. The minimum absolute atomic E-state index is 0.122. The Bertz CT molecular complexity index is 3240. The minimum Gasteiger partial charge on any atom is -0.340 e. The van der Waals surface area contributed by atoms with Crippen LogP contribution in [0.15, 0.2) is 93.3 Å². The summed E-state index contributed by atoms with van der Waals surface area (Å²) in [5, 5.41) is 5.95. The van der Waals surface area contributed by atoms with Gasteiger partial charge in [-0.2, -0.15) is 9.97 Å². The summed E-state index contributed by atoms with van der Waals surface area (Å²) in [6.45, 7) is 18.1. The van der Waals surface area contributed by atoms with Gasteiger partial charge < -0.3 is 19.6 Å². The normalized spacial score (nSPS) is 17.0. The average Bonchev–Trinajstić information content (AvgIpc) is 3.23. The largest absolute Gasteiger partial charge is 0.340 e. The first kappa shape index (κ1) is 67.1. The molecule has 0 aromatic carbocycles. The van der Waals surface area contributed by atoms with Crippen molar-refractivity contribution in [2.45, 2.75) is 194 Å². The number of aromatic nitrogens is 12. The van der Waals surface area contributed by atoms with E-state index in [1.54, 1.807) is 95.5 Å². The van der Waals surface area contributed by atoms with E-state index in [2.05, 4.69) is 132 Å². The number of nitrogens with zero attached hydrogens (tertiary/aromatic N) is 16. The van der Waals surface area contributed by atoms with E-state index < -0.39 is 26.5 Å². The van der Waals surface area contributed by atoms with E-state index in [0.717, 1.165) is 77.5 Å². The van der Waals surface area contributed by atoms with Crippen molar-refractivity contribution >= 4 is 130 Å². The minimum atomic E-state index is -2.08. The second-order valence-corrected chi connectivity index (χ2v) is 47.0. The molecule has 18 nitrogen and oxygen atoms in total. The third-order valence-electron chi connectivity index (χ3n) is 16.5.